The molecule has 0 fully saturated rings. The van der Waals surface area contributed by atoms with Crippen molar-refractivity contribution in [2.24, 2.45) is 0 Å². The number of aromatic amines is 1. The van der Waals surface area contributed by atoms with E-state index in [0.29, 0.717) is 27.9 Å². The third-order valence-electron chi connectivity index (χ3n) is 5.66. The zero-order valence-corrected chi connectivity index (χ0v) is 18.3. The number of nitrogens with zero attached hydrogens (tertiary/aromatic N) is 2. The maximum atomic E-state index is 13.6. The van der Waals surface area contributed by atoms with E-state index in [1.165, 1.54) is 0 Å². The standard InChI is InChI=1S/C25H20ClN3O3/c1-31-18-12-13-19(20(14-18)32-2)24-21-22(15-8-10-16(26)11-9-15)27-28-23(21)25(30)29(24)17-6-4-3-5-7-17/h3-14,24H,1-2H3,(H,27,28). The van der Waals surface area contributed by atoms with Crippen LogP contribution in [-0.2, 0) is 0 Å². The van der Waals surface area contributed by atoms with E-state index >= 15 is 0 Å². The zero-order chi connectivity index (χ0) is 22.2. The van der Waals surface area contributed by atoms with Crippen LogP contribution in [0.15, 0.2) is 72.8 Å². The lowest BCUT2D eigenvalue weighted by molar-refractivity contribution is 0.0988. The van der Waals surface area contributed by atoms with Crippen molar-refractivity contribution in [2.45, 2.75) is 6.04 Å². The van der Waals surface area contributed by atoms with E-state index in [1.54, 1.807) is 19.1 Å². The van der Waals surface area contributed by atoms with E-state index < -0.39 is 6.04 Å². The Hall–Kier alpha value is -3.77. The summed E-state index contributed by atoms with van der Waals surface area (Å²) in [5, 5.41) is 8.10. The fraction of sp³-hybridized carbons (Fsp3) is 0.120. The third kappa shape index (κ3) is 3.20. The maximum absolute atomic E-state index is 13.6. The van der Waals surface area contributed by atoms with E-state index in [4.69, 9.17) is 21.1 Å². The number of halogens is 1. The topological polar surface area (TPSA) is 67.5 Å². The molecular weight excluding hydrogens is 426 g/mol. The number of carbonyl (C=O) groups excluding carboxylic acids is 1. The lowest BCUT2D eigenvalue weighted by atomic mass is 9.95. The quantitative estimate of drug-likeness (QED) is 0.440. The van der Waals surface area contributed by atoms with Gasteiger partial charge in [0.1, 0.15) is 17.2 Å². The summed E-state index contributed by atoms with van der Waals surface area (Å²) in [6, 6.07) is 22.2. The lowest BCUT2D eigenvalue weighted by Crippen LogP contribution is -2.29. The maximum Gasteiger partial charge on any atom is 0.277 e. The van der Waals surface area contributed by atoms with Gasteiger partial charge < -0.3 is 9.47 Å². The molecule has 1 aliphatic rings. The number of hydrogen-bond acceptors (Lipinski definition) is 4. The van der Waals surface area contributed by atoms with Gasteiger partial charge >= 0.3 is 0 Å². The Kier molecular flexibility index (Phi) is 5.07. The summed E-state index contributed by atoms with van der Waals surface area (Å²) in [6.07, 6.45) is 0. The van der Waals surface area contributed by atoms with Crippen molar-refractivity contribution < 1.29 is 14.3 Å². The van der Waals surface area contributed by atoms with Gasteiger partial charge in [0.15, 0.2) is 0 Å². The van der Waals surface area contributed by atoms with Gasteiger partial charge in [0.05, 0.1) is 26.0 Å². The van der Waals surface area contributed by atoms with Crippen LogP contribution in [0.25, 0.3) is 11.3 Å². The average Bonchev–Trinajstić information content (AvgIpc) is 3.38. The predicted molar refractivity (Wildman–Crippen MR) is 124 cm³/mol. The Morgan fingerprint density at radius 3 is 2.41 bits per heavy atom. The van der Waals surface area contributed by atoms with E-state index in [1.807, 2.05) is 72.8 Å². The van der Waals surface area contributed by atoms with Gasteiger partial charge in [-0.2, -0.15) is 5.10 Å². The number of rotatable bonds is 5. The second-order valence-corrected chi connectivity index (χ2v) is 7.83. The number of aromatic nitrogens is 2. The summed E-state index contributed by atoms with van der Waals surface area (Å²) in [5.41, 5.74) is 4.44. The Balaban J connectivity index is 1.75. The molecular formula is C25H20ClN3O3. The molecule has 0 spiro atoms. The summed E-state index contributed by atoms with van der Waals surface area (Å²) in [7, 11) is 3.22. The van der Waals surface area contributed by atoms with Gasteiger partial charge in [0, 0.05) is 33.5 Å². The fourth-order valence-corrected chi connectivity index (χ4v) is 4.29. The molecule has 1 atom stereocenters. The summed E-state index contributed by atoms with van der Waals surface area (Å²) in [6.45, 7) is 0. The molecule has 4 aromatic rings. The van der Waals surface area contributed by atoms with Crippen LogP contribution in [0.1, 0.15) is 27.7 Å². The highest BCUT2D eigenvalue weighted by Crippen LogP contribution is 2.47. The number of ether oxygens (including phenoxy) is 2. The van der Waals surface area contributed by atoms with Crippen molar-refractivity contribution >= 4 is 23.2 Å². The molecule has 32 heavy (non-hydrogen) atoms. The number of amides is 1. The number of benzene rings is 3. The molecule has 0 aliphatic carbocycles. The molecule has 3 aromatic carbocycles. The number of carbonyl (C=O) groups is 1. The zero-order valence-electron chi connectivity index (χ0n) is 17.5. The van der Waals surface area contributed by atoms with Crippen LogP contribution >= 0.6 is 11.6 Å². The monoisotopic (exact) mass is 445 g/mol. The fourth-order valence-electron chi connectivity index (χ4n) is 4.17. The van der Waals surface area contributed by atoms with Crippen LogP contribution in [0.4, 0.5) is 5.69 Å². The minimum absolute atomic E-state index is 0.151. The van der Waals surface area contributed by atoms with Crippen LogP contribution in [0.5, 0.6) is 11.5 Å². The molecule has 6 nitrogen and oxygen atoms in total. The average molecular weight is 446 g/mol. The summed E-state index contributed by atoms with van der Waals surface area (Å²) in [4.78, 5) is 15.3. The highest BCUT2D eigenvalue weighted by atomic mass is 35.5. The number of para-hydroxylation sites is 1. The number of nitrogens with one attached hydrogen (secondary N) is 1. The number of anilines is 1. The predicted octanol–water partition coefficient (Wildman–Crippen LogP) is 5.50. The van der Waals surface area contributed by atoms with Crippen molar-refractivity contribution in [1.29, 1.82) is 0 Å². The Bertz CT molecular complexity index is 1290. The molecule has 1 N–H and O–H groups in total. The second-order valence-electron chi connectivity index (χ2n) is 7.39. The van der Waals surface area contributed by atoms with Crippen molar-refractivity contribution in [3.8, 4) is 22.8 Å². The summed E-state index contributed by atoms with van der Waals surface area (Å²) < 4.78 is 11.1. The van der Waals surface area contributed by atoms with Gasteiger partial charge in [0.2, 0.25) is 0 Å². The first-order chi connectivity index (χ1) is 15.6. The van der Waals surface area contributed by atoms with Crippen LogP contribution in [0.3, 0.4) is 0 Å². The molecule has 160 valence electrons. The molecule has 1 unspecified atom stereocenters. The number of methoxy groups -OCH3 is 2. The highest BCUT2D eigenvalue weighted by molar-refractivity contribution is 6.30. The van der Waals surface area contributed by atoms with Gasteiger partial charge in [-0.05, 0) is 36.4 Å². The van der Waals surface area contributed by atoms with Gasteiger partial charge in [-0.15, -0.1) is 0 Å². The molecule has 0 bridgehead atoms. The van der Waals surface area contributed by atoms with Crippen molar-refractivity contribution in [3.05, 3.63) is 94.6 Å². The SMILES string of the molecule is COc1ccc(C2c3c(-c4ccc(Cl)cc4)n[nH]c3C(=O)N2c2ccccc2)c(OC)c1. The van der Waals surface area contributed by atoms with Crippen LogP contribution in [0, 0.1) is 0 Å². The molecule has 1 amide bonds. The normalized spacial score (nSPS) is 15.0. The first-order valence-corrected chi connectivity index (χ1v) is 10.4. The van der Waals surface area contributed by atoms with E-state index in [-0.39, 0.29) is 5.91 Å². The molecule has 0 saturated heterocycles. The van der Waals surface area contributed by atoms with Gasteiger partial charge in [0.25, 0.3) is 5.91 Å². The summed E-state index contributed by atoms with van der Waals surface area (Å²) >= 11 is 6.09. The van der Waals surface area contributed by atoms with Gasteiger partial charge in [-0.3, -0.25) is 14.8 Å². The minimum atomic E-state index is -0.440. The third-order valence-corrected chi connectivity index (χ3v) is 5.91. The van der Waals surface area contributed by atoms with Crippen molar-refractivity contribution in [2.75, 3.05) is 19.1 Å². The molecule has 0 radical (unpaired) electrons. The molecule has 2 heterocycles. The largest absolute Gasteiger partial charge is 0.497 e. The van der Waals surface area contributed by atoms with Crippen LogP contribution in [-0.4, -0.2) is 30.3 Å². The smallest absolute Gasteiger partial charge is 0.277 e. The number of fused-ring (bicyclic) bond motifs is 1. The van der Waals surface area contributed by atoms with E-state index in [9.17, 15) is 4.79 Å². The van der Waals surface area contributed by atoms with Gasteiger partial charge in [-0.1, -0.05) is 41.9 Å². The van der Waals surface area contributed by atoms with E-state index in [2.05, 4.69) is 10.2 Å². The minimum Gasteiger partial charge on any atom is -0.497 e. The number of hydrogen-bond donors (Lipinski definition) is 1. The van der Waals surface area contributed by atoms with Crippen LogP contribution < -0.4 is 14.4 Å². The first kappa shape index (κ1) is 20.2. The Labute approximate surface area is 190 Å². The first-order valence-electron chi connectivity index (χ1n) is 10.1. The molecule has 1 aliphatic heterocycles. The van der Waals surface area contributed by atoms with Crippen molar-refractivity contribution in [1.82, 2.24) is 10.2 Å². The van der Waals surface area contributed by atoms with Crippen LogP contribution in [0.2, 0.25) is 5.02 Å². The highest BCUT2D eigenvalue weighted by Gasteiger charge is 2.44. The van der Waals surface area contributed by atoms with Gasteiger partial charge in [-0.25, -0.2) is 0 Å². The molecule has 1 aromatic heterocycles. The van der Waals surface area contributed by atoms with Crippen molar-refractivity contribution in [3.63, 3.8) is 0 Å². The molecule has 7 heteroatoms. The molecule has 0 saturated carbocycles. The van der Waals surface area contributed by atoms with E-state index in [0.717, 1.165) is 22.4 Å². The summed E-state index contributed by atoms with van der Waals surface area (Å²) in [5.74, 6) is 1.15. The Morgan fingerprint density at radius 1 is 0.969 bits per heavy atom. The molecule has 5 rings (SSSR count). The lowest BCUT2D eigenvalue weighted by Gasteiger charge is -2.27. The second kappa shape index (κ2) is 8.05. The number of H-pyrrole nitrogens is 1. The Morgan fingerprint density at radius 2 is 1.72 bits per heavy atom.